The summed E-state index contributed by atoms with van der Waals surface area (Å²) < 4.78 is 92.4. The van der Waals surface area contributed by atoms with Crippen LogP contribution in [0.3, 0.4) is 0 Å². The third kappa shape index (κ3) is 3.96. The maximum absolute atomic E-state index is 13.6. The Labute approximate surface area is 194 Å². The van der Waals surface area contributed by atoms with Crippen LogP contribution in [0, 0.1) is 0 Å². The molecule has 1 aromatic carbocycles. The first-order chi connectivity index (χ1) is 16.4. The van der Waals surface area contributed by atoms with Gasteiger partial charge in [0.2, 0.25) is 0 Å². The van der Waals surface area contributed by atoms with Gasteiger partial charge in [-0.25, -0.2) is 0 Å². The summed E-state index contributed by atoms with van der Waals surface area (Å²) in [6.45, 7) is 0. The van der Waals surface area contributed by atoms with Gasteiger partial charge in [-0.05, 0) is 36.1 Å². The highest BCUT2D eigenvalue weighted by Gasteiger charge is 2.49. The van der Waals surface area contributed by atoms with E-state index in [-0.39, 0.29) is 17.6 Å². The fourth-order valence-electron chi connectivity index (χ4n) is 5.03. The highest BCUT2D eigenvalue weighted by molar-refractivity contribution is 5.56. The van der Waals surface area contributed by atoms with Gasteiger partial charge in [-0.1, -0.05) is 6.07 Å². The third-order valence-corrected chi connectivity index (χ3v) is 6.38. The number of hydrogen-bond donors (Lipinski definition) is 2. The van der Waals surface area contributed by atoms with Crippen molar-refractivity contribution in [3.05, 3.63) is 65.2 Å². The van der Waals surface area contributed by atoms with Gasteiger partial charge in [0.05, 0.1) is 36.2 Å². The fourth-order valence-corrected chi connectivity index (χ4v) is 5.03. The molecule has 3 aromatic rings. The van der Waals surface area contributed by atoms with Crippen molar-refractivity contribution in [3.63, 3.8) is 0 Å². The van der Waals surface area contributed by atoms with Gasteiger partial charge in [0.1, 0.15) is 23.0 Å². The number of nitrogen functional groups attached to an aromatic ring is 2. The summed E-state index contributed by atoms with van der Waals surface area (Å²) in [5.74, 6) is -1.35. The Kier molecular flexibility index (Phi) is 5.22. The summed E-state index contributed by atoms with van der Waals surface area (Å²) >= 11 is 0. The van der Waals surface area contributed by atoms with Crippen LogP contribution in [-0.4, -0.2) is 16.1 Å². The predicted molar refractivity (Wildman–Crippen MR) is 113 cm³/mol. The maximum atomic E-state index is 13.6. The second-order valence-corrected chi connectivity index (χ2v) is 8.46. The Morgan fingerprint density at radius 2 is 1.29 bits per heavy atom. The number of aromatic nitrogens is 2. The lowest BCUT2D eigenvalue weighted by Crippen LogP contribution is -2.22. The van der Waals surface area contributed by atoms with Crippen LogP contribution in [0.25, 0.3) is 0 Å². The lowest BCUT2D eigenvalue weighted by Gasteiger charge is -2.22. The summed E-state index contributed by atoms with van der Waals surface area (Å²) in [6.07, 6.45) is -5.04. The molecule has 2 bridgehead atoms. The number of fused-ring (bicyclic) bond motifs is 5. The summed E-state index contributed by atoms with van der Waals surface area (Å²) in [4.78, 5) is 7.42. The third-order valence-electron chi connectivity index (χ3n) is 6.38. The van der Waals surface area contributed by atoms with Crippen LogP contribution in [0.4, 0.5) is 37.7 Å². The first kappa shape index (κ1) is 23.1. The second-order valence-electron chi connectivity index (χ2n) is 8.46. The lowest BCUT2D eigenvalue weighted by molar-refractivity contribution is -0.139. The molecular weight excluding hydrogens is 478 g/mol. The Bertz CT molecular complexity index is 1290. The molecule has 0 saturated heterocycles. The van der Waals surface area contributed by atoms with E-state index in [2.05, 4.69) is 9.97 Å². The standard InChI is InChI=1S/C23H18F6N4O2/c24-22(25,26)19-15(30)6-32-8-17(19)34-10-1-2-11-12-3-4-13(14(11)5-10)21(12)35-18-9-33-7-16(31)20(18)23(27,28)29/h1-2,5-9,12-13,21H,3-4,30-31H2. The summed E-state index contributed by atoms with van der Waals surface area (Å²) in [5.41, 5.74) is 9.27. The van der Waals surface area contributed by atoms with Gasteiger partial charge in [0.15, 0.2) is 11.5 Å². The van der Waals surface area contributed by atoms with Crippen LogP contribution in [0.5, 0.6) is 17.2 Å². The molecule has 12 heteroatoms. The first-order valence-electron chi connectivity index (χ1n) is 10.5. The molecule has 3 unspecified atom stereocenters. The summed E-state index contributed by atoms with van der Waals surface area (Å²) in [6, 6.07) is 4.78. The molecule has 0 aliphatic heterocycles. The van der Waals surface area contributed by atoms with Crippen molar-refractivity contribution in [1.82, 2.24) is 9.97 Å². The van der Waals surface area contributed by atoms with E-state index in [1.165, 1.54) is 6.07 Å². The van der Waals surface area contributed by atoms with Gasteiger partial charge in [0.25, 0.3) is 0 Å². The Balaban J connectivity index is 1.45. The smallest absolute Gasteiger partial charge is 0.422 e. The second kappa shape index (κ2) is 7.92. The lowest BCUT2D eigenvalue weighted by atomic mass is 9.92. The molecular formula is C23H18F6N4O2. The monoisotopic (exact) mass is 496 g/mol. The van der Waals surface area contributed by atoms with Crippen LogP contribution in [0.1, 0.15) is 46.9 Å². The molecule has 3 atom stereocenters. The molecule has 0 radical (unpaired) electrons. The SMILES string of the molecule is Nc1cncc(Oc2ccc3c(c2)C2CCC3C2Oc2cncc(N)c2C(F)(F)F)c1C(F)(F)F. The van der Waals surface area contributed by atoms with Gasteiger partial charge in [-0.2, -0.15) is 26.3 Å². The Morgan fingerprint density at radius 1 is 0.743 bits per heavy atom. The minimum absolute atomic E-state index is 0.120. The number of rotatable bonds is 4. The molecule has 35 heavy (non-hydrogen) atoms. The largest absolute Gasteiger partial charge is 0.487 e. The number of nitrogens with two attached hydrogens (primary N) is 2. The molecule has 0 amide bonds. The Morgan fingerprint density at radius 3 is 1.89 bits per heavy atom. The van der Waals surface area contributed by atoms with E-state index in [9.17, 15) is 26.3 Å². The van der Waals surface area contributed by atoms with E-state index in [1.807, 2.05) is 0 Å². The molecule has 1 fully saturated rings. The predicted octanol–water partition coefficient (Wildman–Crippen LogP) is 5.89. The normalized spacial score (nSPS) is 21.1. The van der Waals surface area contributed by atoms with Gasteiger partial charge in [0, 0.05) is 11.8 Å². The molecule has 0 spiro atoms. The average Bonchev–Trinajstić information content (AvgIpc) is 3.27. The molecule has 2 heterocycles. The molecule has 1 saturated carbocycles. The van der Waals surface area contributed by atoms with Crippen molar-refractivity contribution in [3.8, 4) is 17.2 Å². The van der Waals surface area contributed by atoms with Crippen molar-refractivity contribution < 1.29 is 35.8 Å². The van der Waals surface area contributed by atoms with E-state index in [4.69, 9.17) is 20.9 Å². The number of ether oxygens (including phenoxy) is 2. The minimum Gasteiger partial charge on any atom is -0.487 e. The van der Waals surface area contributed by atoms with E-state index in [1.54, 1.807) is 12.1 Å². The zero-order valence-corrected chi connectivity index (χ0v) is 17.8. The fraction of sp³-hybridized carbons (Fsp3) is 0.304. The van der Waals surface area contributed by atoms with Gasteiger partial charge >= 0.3 is 12.4 Å². The summed E-state index contributed by atoms with van der Waals surface area (Å²) in [5, 5.41) is 0. The van der Waals surface area contributed by atoms with E-state index >= 15 is 0 Å². The van der Waals surface area contributed by atoms with Crippen LogP contribution in [0.15, 0.2) is 43.0 Å². The molecule has 2 aromatic heterocycles. The molecule has 184 valence electrons. The van der Waals surface area contributed by atoms with Gasteiger partial charge < -0.3 is 20.9 Å². The Hall–Kier alpha value is -3.70. The average molecular weight is 496 g/mol. The number of anilines is 2. The van der Waals surface area contributed by atoms with Crippen molar-refractivity contribution >= 4 is 11.4 Å². The zero-order valence-electron chi connectivity index (χ0n) is 17.8. The van der Waals surface area contributed by atoms with Gasteiger partial charge in [-0.3, -0.25) is 9.97 Å². The van der Waals surface area contributed by atoms with Gasteiger partial charge in [-0.15, -0.1) is 0 Å². The number of halogens is 6. The van der Waals surface area contributed by atoms with Crippen LogP contribution in [0.2, 0.25) is 0 Å². The minimum atomic E-state index is -4.75. The molecule has 4 N–H and O–H groups in total. The van der Waals surface area contributed by atoms with Crippen molar-refractivity contribution in [2.45, 2.75) is 43.1 Å². The number of pyridine rings is 2. The number of benzene rings is 1. The van der Waals surface area contributed by atoms with Crippen molar-refractivity contribution in [2.24, 2.45) is 0 Å². The molecule has 2 aliphatic carbocycles. The molecule has 2 aliphatic rings. The van der Waals surface area contributed by atoms with Crippen LogP contribution >= 0.6 is 0 Å². The summed E-state index contributed by atoms with van der Waals surface area (Å²) in [7, 11) is 0. The number of nitrogens with zero attached hydrogens (tertiary/aromatic N) is 2. The quantitative estimate of drug-likeness (QED) is 0.437. The van der Waals surface area contributed by atoms with Crippen molar-refractivity contribution in [1.29, 1.82) is 0 Å². The topological polar surface area (TPSA) is 96.3 Å². The molecule has 5 rings (SSSR count). The number of alkyl halides is 6. The molecule has 6 nitrogen and oxygen atoms in total. The van der Waals surface area contributed by atoms with E-state index in [0.717, 1.165) is 35.9 Å². The maximum Gasteiger partial charge on any atom is 0.422 e. The first-order valence-corrected chi connectivity index (χ1v) is 10.5. The van der Waals surface area contributed by atoms with E-state index < -0.39 is 52.5 Å². The highest BCUT2D eigenvalue weighted by Crippen LogP contribution is 2.56. The van der Waals surface area contributed by atoms with E-state index in [0.29, 0.717) is 12.8 Å². The highest BCUT2D eigenvalue weighted by atomic mass is 19.4. The number of hydrogen-bond acceptors (Lipinski definition) is 6. The van der Waals surface area contributed by atoms with Crippen molar-refractivity contribution in [2.75, 3.05) is 11.5 Å². The van der Waals surface area contributed by atoms with Crippen LogP contribution in [-0.2, 0) is 12.4 Å². The van der Waals surface area contributed by atoms with Crippen LogP contribution < -0.4 is 20.9 Å². The zero-order chi connectivity index (χ0) is 25.1.